The molecule has 0 aliphatic carbocycles. The summed E-state index contributed by atoms with van der Waals surface area (Å²) in [5, 5.41) is 3.09. The molecule has 1 saturated heterocycles. The molecule has 7 heteroatoms. The van der Waals surface area contributed by atoms with Gasteiger partial charge in [0.15, 0.2) is 0 Å². The molecule has 3 N–H and O–H groups in total. The predicted molar refractivity (Wildman–Crippen MR) is 103 cm³/mol. The molecule has 1 aliphatic rings. The van der Waals surface area contributed by atoms with Crippen LogP contribution in [0.3, 0.4) is 0 Å². The Labute approximate surface area is 154 Å². The number of likely N-dealkylation sites (tertiary alicyclic amines) is 1. The number of hydrogen-bond donors (Lipinski definition) is 2. The zero-order valence-corrected chi connectivity index (χ0v) is 16.8. The van der Waals surface area contributed by atoms with E-state index in [2.05, 4.69) is 29.2 Å². The number of piperidine rings is 1. The number of nitrogens with two attached hydrogens (primary N) is 1. The molecule has 1 fully saturated rings. The maximum Gasteiger partial charge on any atom is 0.227 e. The van der Waals surface area contributed by atoms with E-state index in [1.807, 2.05) is 13.8 Å². The van der Waals surface area contributed by atoms with Crippen molar-refractivity contribution in [2.24, 2.45) is 11.1 Å². The van der Waals surface area contributed by atoms with Gasteiger partial charge >= 0.3 is 0 Å². The highest BCUT2D eigenvalue weighted by atomic mass is 35.5. The Bertz CT molecular complexity index is 309. The SMILES string of the molecule is CCC(CC)(CN)C(=O)NCCN1CCC(N(C)C)CC1.Cl.Cl. The first-order valence-corrected chi connectivity index (χ1v) is 8.36. The van der Waals surface area contributed by atoms with E-state index in [4.69, 9.17) is 5.73 Å². The number of carbonyl (C=O) groups excluding carboxylic acids is 1. The summed E-state index contributed by atoms with van der Waals surface area (Å²) in [6, 6.07) is 0.709. The van der Waals surface area contributed by atoms with E-state index in [0.717, 1.165) is 39.0 Å². The number of nitrogens with zero attached hydrogens (tertiary/aromatic N) is 2. The molecule has 0 radical (unpaired) electrons. The summed E-state index contributed by atoms with van der Waals surface area (Å²) in [4.78, 5) is 17.1. The van der Waals surface area contributed by atoms with Crippen molar-refractivity contribution in [3.63, 3.8) is 0 Å². The molecule has 23 heavy (non-hydrogen) atoms. The van der Waals surface area contributed by atoms with Gasteiger partial charge in [-0.25, -0.2) is 0 Å². The lowest BCUT2D eigenvalue weighted by molar-refractivity contribution is -0.131. The van der Waals surface area contributed by atoms with Gasteiger partial charge in [-0.05, 0) is 52.9 Å². The van der Waals surface area contributed by atoms with Crippen molar-refractivity contribution in [1.82, 2.24) is 15.1 Å². The molecule has 0 spiro atoms. The molecule has 0 aromatic heterocycles. The third-order valence-electron chi connectivity index (χ3n) is 5.23. The van der Waals surface area contributed by atoms with Crippen molar-refractivity contribution in [3.05, 3.63) is 0 Å². The van der Waals surface area contributed by atoms with Crippen molar-refractivity contribution >= 4 is 30.7 Å². The van der Waals surface area contributed by atoms with Crippen molar-refractivity contribution in [2.45, 2.75) is 45.6 Å². The molecular formula is C16H36Cl2N4O. The summed E-state index contributed by atoms with van der Waals surface area (Å²) in [6.45, 7) is 8.45. The fourth-order valence-electron chi connectivity index (χ4n) is 3.13. The number of halogens is 2. The standard InChI is InChI=1S/C16H34N4O.2ClH/c1-5-16(6-2,13-17)15(21)18-9-12-20-10-7-14(8-11-20)19(3)4;;/h14H,5-13,17H2,1-4H3,(H,18,21);2*1H. The quantitative estimate of drug-likeness (QED) is 0.682. The van der Waals surface area contributed by atoms with Crippen LogP contribution in [0.4, 0.5) is 0 Å². The lowest BCUT2D eigenvalue weighted by Gasteiger charge is -2.35. The molecule has 0 saturated carbocycles. The molecule has 1 heterocycles. The van der Waals surface area contributed by atoms with Crippen molar-refractivity contribution in [2.75, 3.05) is 46.8 Å². The number of amides is 1. The average molecular weight is 371 g/mol. The minimum absolute atomic E-state index is 0. The van der Waals surface area contributed by atoms with Crippen LogP contribution in [0.2, 0.25) is 0 Å². The van der Waals surface area contributed by atoms with E-state index in [1.165, 1.54) is 12.8 Å². The first-order chi connectivity index (χ1) is 9.99. The van der Waals surface area contributed by atoms with Crippen LogP contribution in [0, 0.1) is 5.41 Å². The van der Waals surface area contributed by atoms with Gasteiger partial charge in [-0.15, -0.1) is 24.8 Å². The van der Waals surface area contributed by atoms with Gasteiger partial charge in [0, 0.05) is 25.7 Å². The minimum atomic E-state index is -0.377. The molecule has 5 nitrogen and oxygen atoms in total. The second-order valence-corrected chi connectivity index (χ2v) is 6.48. The highest BCUT2D eigenvalue weighted by Crippen LogP contribution is 2.24. The fourth-order valence-corrected chi connectivity index (χ4v) is 3.13. The molecule has 0 bridgehead atoms. The molecule has 0 aromatic rings. The number of carbonyl (C=O) groups is 1. The van der Waals surface area contributed by atoms with Crippen molar-refractivity contribution < 1.29 is 4.79 Å². The van der Waals surface area contributed by atoms with Crippen LogP contribution < -0.4 is 11.1 Å². The van der Waals surface area contributed by atoms with Crippen molar-refractivity contribution in [1.29, 1.82) is 0 Å². The van der Waals surface area contributed by atoms with E-state index >= 15 is 0 Å². The van der Waals surface area contributed by atoms with E-state index < -0.39 is 0 Å². The molecule has 0 atom stereocenters. The Kier molecular flexibility index (Phi) is 13.5. The average Bonchev–Trinajstić information content (AvgIpc) is 2.50. The highest BCUT2D eigenvalue weighted by molar-refractivity contribution is 5.85. The molecule has 1 amide bonds. The van der Waals surface area contributed by atoms with Crippen LogP contribution in [0.1, 0.15) is 39.5 Å². The van der Waals surface area contributed by atoms with E-state index in [-0.39, 0.29) is 36.1 Å². The van der Waals surface area contributed by atoms with Crippen LogP contribution in [-0.4, -0.2) is 68.6 Å². The van der Waals surface area contributed by atoms with Gasteiger partial charge in [0.2, 0.25) is 5.91 Å². The summed E-state index contributed by atoms with van der Waals surface area (Å²) in [5.41, 5.74) is 5.43. The zero-order chi connectivity index (χ0) is 15.9. The van der Waals surface area contributed by atoms with Crippen LogP contribution in [0.15, 0.2) is 0 Å². The van der Waals surface area contributed by atoms with Crippen molar-refractivity contribution in [3.8, 4) is 0 Å². The van der Waals surface area contributed by atoms with E-state index in [0.29, 0.717) is 12.6 Å². The second-order valence-electron chi connectivity index (χ2n) is 6.48. The number of nitrogens with one attached hydrogen (secondary N) is 1. The summed E-state index contributed by atoms with van der Waals surface area (Å²) >= 11 is 0. The molecular weight excluding hydrogens is 335 g/mol. The molecule has 0 unspecified atom stereocenters. The molecule has 140 valence electrons. The third kappa shape index (κ3) is 7.14. The Hall–Kier alpha value is -0.0700. The lowest BCUT2D eigenvalue weighted by atomic mass is 9.81. The van der Waals surface area contributed by atoms with Gasteiger partial charge in [0.1, 0.15) is 0 Å². The Morgan fingerprint density at radius 3 is 2.13 bits per heavy atom. The Morgan fingerprint density at radius 1 is 1.22 bits per heavy atom. The van der Waals surface area contributed by atoms with Crippen LogP contribution >= 0.6 is 24.8 Å². The van der Waals surface area contributed by atoms with Gasteiger partial charge in [0.05, 0.1) is 5.41 Å². The summed E-state index contributed by atoms with van der Waals surface area (Å²) in [6.07, 6.45) is 4.05. The Morgan fingerprint density at radius 2 is 1.74 bits per heavy atom. The smallest absolute Gasteiger partial charge is 0.227 e. The topological polar surface area (TPSA) is 61.6 Å². The van der Waals surface area contributed by atoms with Crippen LogP contribution in [0.25, 0.3) is 0 Å². The van der Waals surface area contributed by atoms with E-state index in [9.17, 15) is 4.79 Å². The summed E-state index contributed by atoms with van der Waals surface area (Å²) in [5.74, 6) is 0.123. The zero-order valence-electron chi connectivity index (χ0n) is 15.1. The molecule has 1 aliphatic heterocycles. The largest absolute Gasteiger partial charge is 0.354 e. The lowest BCUT2D eigenvalue weighted by Crippen LogP contribution is -2.48. The Balaban J connectivity index is 0. The summed E-state index contributed by atoms with van der Waals surface area (Å²) in [7, 11) is 4.31. The van der Waals surface area contributed by atoms with Gasteiger partial charge < -0.3 is 20.9 Å². The summed E-state index contributed by atoms with van der Waals surface area (Å²) < 4.78 is 0. The predicted octanol–water partition coefficient (Wildman–Crippen LogP) is 1.74. The van der Waals surface area contributed by atoms with Gasteiger partial charge in [0.25, 0.3) is 0 Å². The first-order valence-electron chi connectivity index (χ1n) is 8.36. The van der Waals surface area contributed by atoms with Crippen LogP contribution in [-0.2, 0) is 4.79 Å². The normalized spacial score (nSPS) is 16.6. The minimum Gasteiger partial charge on any atom is -0.354 e. The maximum absolute atomic E-state index is 12.3. The first kappa shape index (κ1) is 25.2. The molecule has 0 aromatic carbocycles. The highest BCUT2D eigenvalue weighted by Gasteiger charge is 2.33. The maximum atomic E-state index is 12.3. The van der Waals surface area contributed by atoms with Crippen LogP contribution in [0.5, 0.6) is 0 Å². The van der Waals surface area contributed by atoms with E-state index in [1.54, 1.807) is 0 Å². The number of rotatable bonds is 8. The van der Waals surface area contributed by atoms with Gasteiger partial charge in [-0.2, -0.15) is 0 Å². The van der Waals surface area contributed by atoms with Gasteiger partial charge in [-0.3, -0.25) is 4.79 Å². The van der Waals surface area contributed by atoms with Gasteiger partial charge in [-0.1, -0.05) is 13.8 Å². The fraction of sp³-hybridized carbons (Fsp3) is 0.938. The third-order valence-corrected chi connectivity index (χ3v) is 5.23. The monoisotopic (exact) mass is 370 g/mol. The number of hydrogen-bond acceptors (Lipinski definition) is 4. The molecule has 1 rings (SSSR count). The second kappa shape index (κ2) is 12.3.